The van der Waals surface area contributed by atoms with Crippen LogP contribution < -0.4 is 5.32 Å². The van der Waals surface area contributed by atoms with Crippen LogP contribution in [0.15, 0.2) is 53.2 Å². The van der Waals surface area contributed by atoms with Gasteiger partial charge in [-0.2, -0.15) is 5.10 Å². The van der Waals surface area contributed by atoms with Crippen LogP contribution in [0.25, 0.3) is 0 Å². The zero-order chi connectivity index (χ0) is 18.5. The average molecular weight is 374 g/mol. The smallest absolute Gasteiger partial charge is 0.338 e. The number of hydrogen-bond donors (Lipinski definition) is 1. The third-order valence-electron chi connectivity index (χ3n) is 3.46. The summed E-state index contributed by atoms with van der Waals surface area (Å²) in [5, 5.41) is 7.29. The number of aromatic nitrogens is 2. The van der Waals surface area contributed by atoms with Gasteiger partial charge in [0.15, 0.2) is 5.76 Å². The molecule has 1 amide bonds. The lowest BCUT2D eigenvalue weighted by molar-refractivity contribution is 0.0526. The van der Waals surface area contributed by atoms with Gasteiger partial charge in [0, 0.05) is 11.9 Å². The zero-order valence-corrected chi connectivity index (χ0v) is 14.7. The normalized spacial score (nSPS) is 10.5. The molecule has 0 unspecified atom stereocenters. The van der Waals surface area contributed by atoms with Crippen LogP contribution in [0.5, 0.6) is 0 Å². The number of benzene rings is 1. The number of rotatable bonds is 6. The van der Waals surface area contributed by atoms with Gasteiger partial charge in [-0.3, -0.25) is 9.48 Å². The van der Waals surface area contributed by atoms with Gasteiger partial charge in [0.25, 0.3) is 5.91 Å². The van der Waals surface area contributed by atoms with Crippen molar-refractivity contribution in [2.75, 3.05) is 11.9 Å². The van der Waals surface area contributed by atoms with E-state index in [1.54, 1.807) is 54.2 Å². The van der Waals surface area contributed by atoms with Crippen molar-refractivity contribution in [3.05, 3.63) is 70.9 Å². The highest BCUT2D eigenvalue weighted by Gasteiger charge is 2.13. The molecule has 0 fully saturated rings. The van der Waals surface area contributed by atoms with Crippen molar-refractivity contribution in [2.45, 2.75) is 13.5 Å². The fraction of sp³-hybridized carbons (Fsp3) is 0.167. The minimum absolute atomic E-state index is 0.174. The van der Waals surface area contributed by atoms with Gasteiger partial charge in [-0.05, 0) is 43.3 Å². The van der Waals surface area contributed by atoms with E-state index in [2.05, 4.69) is 10.4 Å². The number of furan rings is 1. The number of nitrogens with one attached hydrogen (secondary N) is 1. The molecule has 0 saturated carbocycles. The Morgan fingerprint density at radius 2 is 2.00 bits per heavy atom. The highest BCUT2D eigenvalue weighted by Crippen LogP contribution is 2.15. The Labute approximate surface area is 154 Å². The van der Waals surface area contributed by atoms with Crippen molar-refractivity contribution in [1.29, 1.82) is 0 Å². The average Bonchev–Trinajstić information content (AvgIpc) is 3.25. The summed E-state index contributed by atoms with van der Waals surface area (Å²) in [4.78, 5) is 23.9. The van der Waals surface area contributed by atoms with Crippen LogP contribution in [0.4, 0.5) is 5.69 Å². The van der Waals surface area contributed by atoms with Crippen LogP contribution >= 0.6 is 11.6 Å². The van der Waals surface area contributed by atoms with Gasteiger partial charge in [0.1, 0.15) is 5.76 Å². The molecule has 0 aliphatic rings. The number of halogens is 1. The molecule has 0 spiro atoms. The lowest BCUT2D eigenvalue weighted by Crippen LogP contribution is -2.11. The molecule has 0 atom stereocenters. The third kappa shape index (κ3) is 4.31. The maximum atomic E-state index is 12.3. The first-order chi connectivity index (χ1) is 12.5. The molecule has 8 heteroatoms. The first-order valence-corrected chi connectivity index (χ1v) is 8.28. The minimum atomic E-state index is -0.403. The van der Waals surface area contributed by atoms with Crippen LogP contribution in [0.3, 0.4) is 0 Å². The third-order valence-corrected chi connectivity index (χ3v) is 3.65. The highest BCUT2D eigenvalue weighted by molar-refractivity contribution is 6.30. The molecule has 0 saturated heterocycles. The maximum absolute atomic E-state index is 12.3. The fourth-order valence-electron chi connectivity index (χ4n) is 2.27. The molecule has 0 aliphatic heterocycles. The van der Waals surface area contributed by atoms with Crippen LogP contribution in [-0.2, 0) is 11.3 Å². The molecule has 0 radical (unpaired) electrons. The van der Waals surface area contributed by atoms with Crippen LogP contribution in [0.1, 0.15) is 33.6 Å². The van der Waals surface area contributed by atoms with Gasteiger partial charge in [-0.1, -0.05) is 11.6 Å². The summed E-state index contributed by atoms with van der Waals surface area (Å²) >= 11 is 5.81. The van der Waals surface area contributed by atoms with E-state index in [1.807, 2.05) is 0 Å². The van der Waals surface area contributed by atoms with Crippen molar-refractivity contribution in [3.63, 3.8) is 0 Å². The molecule has 0 aliphatic carbocycles. The van der Waals surface area contributed by atoms with E-state index in [-0.39, 0.29) is 5.76 Å². The zero-order valence-electron chi connectivity index (χ0n) is 13.9. The van der Waals surface area contributed by atoms with Gasteiger partial charge in [0.05, 0.1) is 29.9 Å². The monoisotopic (exact) mass is 373 g/mol. The molecular weight excluding hydrogens is 358 g/mol. The lowest BCUT2D eigenvalue weighted by atomic mass is 10.2. The number of hydrogen-bond acceptors (Lipinski definition) is 5. The first kappa shape index (κ1) is 17.8. The van der Waals surface area contributed by atoms with Gasteiger partial charge < -0.3 is 14.5 Å². The molecule has 3 aromatic rings. The molecule has 7 nitrogen and oxygen atoms in total. The Balaban J connectivity index is 1.62. The van der Waals surface area contributed by atoms with Crippen molar-refractivity contribution >= 4 is 29.2 Å². The topological polar surface area (TPSA) is 86.4 Å². The minimum Gasteiger partial charge on any atom is -0.462 e. The van der Waals surface area contributed by atoms with E-state index in [1.165, 1.54) is 6.20 Å². The molecule has 26 heavy (non-hydrogen) atoms. The van der Waals surface area contributed by atoms with E-state index in [0.29, 0.717) is 35.2 Å². The molecule has 2 heterocycles. The van der Waals surface area contributed by atoms with Gasteiger partial charge in [0.2, 0.25) is 0 Å². The number of esters is 1. The van der Waals surface area contributed by atoms with Gasteiger partial charge in [-0.15, -0.1) is 0 Å². The van der Waals surface area contributed by atoms with E-state index in [9.17, 15) is 9.59 Å². The Morgan fingerprint density at radius 1 is 1.23 bits per heavy atom. The highest BCUT2D eigenvalue weighted by atomic mass is 35.5. The number of amides is 1. The maximum Gasteiger partial charge on any atom is 0.338 e. The summed E-state index contributed by atoms with van der Waals surface area (Å²) in [6, 6.07) is 9.71. The molecular formula is C18H16ClN3O4. The number of anilines is 1. The van der Waals surface area contributed by atoms with Crippen LogP contribution in [0, 0.1) is 0 Å². The van der Waals surface area contributed by atoms with E-state index >= 15 is 0 Å². The number of nitrogens with zero attached hydrogens (tertiary/aromatic N) is 2. The van der Waals surface area contributed by atoms with Crippen molar-refractivity contribution in [2.24, 2.45) is 0 Å². The summed E-state index contributed by atoms with van der Waals surface area (Å²) < 4.78 is 12.1. The Kier molecular flexibility index (Phi) is 5.38. The number of carbonyl (C=O) groups excluding carboxylic acids is 2. The second kappa shape index (κ2) is 7.88. The predicted octanol–water partition coefficient (Wildman–Crippen LogP) is 3.61. The molecule has 3 rings (SSSR count). The number of carbonyl (C=O) groups is 2. The van der Waals surface area contributed by atoms with Crippen molar-refractivity contribution in [3.8, 4) is 0 Å². The molecule has 1 aromatic carbocycles. The standard InChI is InChI=1S/C18H16ClN3O4/c1-2-25-18(24)12-3-5-14(6-4-12)21-17(23)16-8-7-15(26-16)11-22-10-13(19)9-20-22/h3-10H,2,11H2,1H3,(H,21,23). The second-order valence-electron chi connectivity index (χ2n) is 5.37. The quantitative estimate of drug-likeness (QED) is 0.667. The lowest BCUT2D eigenvalue weighted by Gasteiger charge is -2.05. The second-order valence-corrected chi connectivity index (χ2v) is 5.81. The first-order valence-electron chi connectivity index (χ1n) is 7.90. The van der Waals surface area contributed by atoms with E-state index in [0.717, 1.165) is 0 Å². The Bertz CT molecular complexity index is 915. The predicted molar refractivity (Wildman–Crippen MR) is 95.4 cm³/mol. The summed E-state index contributed by atoms with van der Waals surface area (Å²) in [7, 11) is 0. The van der Waals surface area contributed by atoms with E-state index in [4.69, 9.17) is 20.8 Å². The molecule has 2 aromatic heterocycles. The summed E-state index contributed by atoms with van der Waals surface area (Å²) in [5.74, 6) is -0.0429. The largest absolute Gasteiger partial charge is 0.462 e. The Morgan fingerprint density at radius 3 is 2.65 bits per heavy atom. The van der Waals surface area contributed by atoms with E-state index < -0.39 is 11.9 Å². The molecule has 0 bridgehead atoms. The van der Waals surface area contributed by atoms with Crippen molar-refractivity contribution in [1.82, 2.24) is 9.78 Å². The van der Waals surface area contributed by atoms with Crippen LogP contribution in [0.2, 0.25) is 5.02 Å². The Hall–Kier alpha value is -3.06. The summed E-state index contributed by atoms with van der Waals surface area (Å²) in [6.45, 7) is 2.42. The SMILES string of the molecule is CCOC(=O)c1ccc(NC(=O)c2ccc(Cn3cc(Cl)cn3)o2)cc1. The van der Waals surface area contributed by atoms with Crippen molar-refractivity contribution < 1.29 is 18.7 Å². The molecule has 134 valence electrons. The van der Waals surface area contributed by atoms with Gasteiger partial charge in [-0.25, -0.2) is 4.79 Å². The molecule has 1 N–H and O–H groups in total. The van der Waals surface area contributed by atoms with Crippen LogP contribution in [-0.4, -0.2) is 28.3 Å². The fourth-order valence-corrected chi connectivity index (χ4v) is 2.42. The summed E-state index contributed by atoms with van der Waals surface area (Å²) in [6.07, 6.45) is 3.19. The summed E-state index contributed by atoms with van der Waals surface area (Å²) in [5.41, 5.74) is 0.961. The number of ether oxygens (including phenoxy) is 1. The van der Waals surface area contributed by atoms with Gasteiger partial charge >= 0.3 is 5.97 Å².